The number of benzene rings is 3. The van der Waals surface area contributed by atoms with Crippen LogP contribution in [0.4, 0.5) is 0 Å². The van der Waals surface area contributed by atoms with Crippen LogP contribution in [0.1, 0.15) is 92.6 Å². The van der Waals surface area contributed by atoms with E-state index in [0.717, 1.165) is 29.7 Å². The molecule has 0 aliphatic heterocycles. The lowest BCUT2D eigenvalue weighted by Crippen LogP contribution is -2.67. The molecule has 0 aromatic heterocycles. The number of aliphatic hydroxyl groups excluding tert-OH is 1. The normalized spacial score (nSPS) is 15.7. The predicted octanol–water partition coefficient (Wildman–Crippen LogP) is 8.30. The fourth-order valence-electron chi connectivity index (χ4n) is 6.29. The molecule has 0 heterocycles. The molecule has 0 bridgehead atoms. The van der Waals surface area contributed by atoms with Crippen molar-refractivity contribution in [3.8, 4) is 5.75 Å². The molecule has 0 fully saturated rings. The average Bonchev–Trinajstić information content (AvgIpc) is 3.07. The van der Waals surface area contributed by atoms with Crippen LogP contribution in [0.15, 0.2) is 96.6 Å². The molecular formula is C41H58O6Si. The third-order valence-electron chi connectivity index (χ3n) is 9.70. The fourth-order valence-corrected chi connectivity index (χ4v) is 11.0. The Kier molecular flexibility index (Phi) is 14.7. The summed E-state index contributed by atoms with van der Waals surface area (Å²) in [6, 6.07) is 29.1. The second kappa shape index (κ2) is 18.0. The van der Waals surface area contributed by atoms with Crippen LogP contribution in [-0.2, 0) is 20.6 Å². The van der Waals surface area contributed by atoms with E-state index in [9.17, 15) is 15.0 Å². The van der Waals surface area contributed by atoms with Gasteiger partial charge in [0.15, 0.2) is 0 Å². The number of hydrogen-bond acceptors (Lipinski definition) is 5. The van der Waals surface area contributed by atoms with Crippen molar-refractivity contribution in [2.75, 3.05) is 7.11 Å². The minimum Gasteiger partial charge on any atom is -0.497 e. The maximum atomic E-state index is 11.8. The summed E-state index contributed by atoms with van der Waals surface area (Å²) in [6.07, 6.45) is 5.09. The van der Waals surface area contributed by atoms with Gasteiger partial charge in [0.25, 0.3) is 8.32 Å². The highest BCUT2D eigenvalue weighted by Crippen LogP contribution is 2.40. The molecule has 1 unspecified atom stereocenters. The van der Waals surface area contributed by atoms with Crippen LogP contribution in [0.25, 0.3) is 0 Å². The Morgan fingerprint density at radius 2 is 1.42 bits per heavy atom. The van der Waals surface area contributed by atoms with E-state index in [1.54, 1.807) is 7.11 Å². The van der Waals surface area contributed by atoms with Crippen LogP contribution in [0, 0.1) is 5.92 Å². The Balaban J connectivity index is 2.03. The van der Waals surface area contributed by atoms with Crippen LogP contribution in [0.5, 0.6) is 5.75 Å². The van der Waals surface area contributed by atoms with Crippen LogP contribution in [0.3, 0.4) is 0 Å². The second-order valence-electron chi connectivity index (χ2n) is 14.5. The Bertz CT molecular complexity index is 1380. The van der Waals surface area contributed by atoms with Gasteiger partial charge in [-0.2, -0.15) is 0 Å². The first-order chi connectivity index (χ1) is 22.7. The number of carbonyl (C=O) groups is 1. The van der Waals surface area contributed by atoms with E-state index in [2.05, 4.69) is 101 Å². The first-order valence-corrected chi connectivity index (χ1v) is 19.2. The molecule has 6 nitrogen and oxygen atoms in total. The summed E-state index contributed by atoms with van der Waals surface area (Å²) in [5, 5.41) is 22.0. The molecule has 0 amide bonds. The maximum Gasteiger partial charge on any atom is 0.303 e. The smallest absolute Gasteiger partial charge is 0.303 e. The summed E-state index contributed by atoms with van der Waals surface area (Å²) in [4.78, 5) is 11.8. The second-order valence-corrected chi connectivity index (χ2v) is 18.8. The third-order valence-corrected chi connectivity index (χ3v) is 14.7. The van der Waals surface area contributed by atoms with Crippen LogP contribution < -0.4 is 15.1 Å². The fraction of sp³-hybridized carbons (Fsp3) is 0.488. The van der Waals surface area contributed by atoms with Gasteiger partial charge in [-0.3, -0.25) is 4.79 Å². The summed E-state index contributed by atoms with van der Waals surface area (Å²) < 4.78 is 19.6. The van der Waals surface area contributed by atoms with Crippen LogP contribution in [0.2, 0.25) is 5.04 Å². The quantitative estimate of drug-likeness (QED) is 0.0983. The molecule has 0 saturated heterocycles. The van der Waals surface area contributed by atoms with E-state index in [4.69, 9.17) is 13.9 Å². The van der Waals surface area contributed by atoms with Crippen molar-refractivity contribution in [1.82, 2.24) is 0 Å². The number of carboxylic acids is 1. The molecule has 0 aliphatic carbocycles. The Morgan fingerprint density at radius 3 is 1.90 bits per heavy atom. The van der Waals surface area contributed by atoms with Gasteiger partial charge in [0.1, 0.15) is 5.75 Å². The van der Waals surface area contributed by atoms with Crippen molar-refractivity contribution in [1.29, 1.82) is 0 Å². The molecule has 3 aromatic carbocycles. The van der Waals surface area contributed by atoms with Crippen LogP contribution in [-0.4, -0.2) is 49.4 Å². The highest BCUT2D eigenvalue weighted by atomic mass is 28.4. The van der Waals surface area contributed by atoms with E-state index < -0.39 is 19.9 Å². The molecule has 3 aromatic rings. The zero-order valence-corrected chi connectivity index (χ0v) is 31.4. The molecule has 262 valence electrons. The van der Waals surface area contributed by atoms with E-state index in [1.165, 1.54) is 10.4 Å². The van der Waals surface area contributed by atoms with E-state index in [1.807, 2.05) is 38.1 Å². The number of rotatable bonds is 19. The minimum absolute atomic E-state index is 0.0192. The van der Waals surface area contributed by atoms with Crippen molar-refractivity contribution in [2.45, 2.75) is 116 Å². The van der Waals surface area contributed by atoms with Gasteiger partial charge in [0.2, 0.25) is 0 Å². The Morgan fingerprint density at radius 1 is 0.854 bits per heavy atom. The van der Waals surface area contributed by atoms with Crippen LogP contribution >= 0.6 is 0 Å². The van der Waals surface area contributed by atoms with Crippen molar-refractivity contribution < 1.29 is 28.9 Å². The largest absolute Gasteiger partial charge is 0.497 e. The summed E-state index contributed by atoms with van der Waals surface area (Å²) in [6.45, 7) is 15.3. The van der Waals surface area contributed by atoms with E-state index >= 15 is 0 Å². The van der Waals surface area contributed by atoms with Gasteiger partial charge >= 0.3 is 5.97 Å². The zero-order valence-electron chi connectivity index (χ0n) is 30.4. The van der Waals surface area contributed by atoms with Gasteiger partial charge in [-0.25, -0.2) is 0 Å². The summed E-state index contributed by atoms with van der Waals surface area (Å²) >= 11 is 0. The number of aliphatic carboxylic acids is 1. The molecule has 0 saturated carbocycles. The minimum atomic E-state index is -2.89. The molecule has 0 spiro atoms. The average molecular weight is 675 g/mol. The Labute approximate surface area is 290 Å². The van der Waals surface area contributed by atoms with Gasteiger partial charge in [0.05, 0.1) is 31.5 Å². The van der Waals surface area contributed by atoms with Crippen molar-refractivity contribution in [3.63, 3.8) is 0 Å². The Hall–Kier alpha value is -3.23. The third kappa shape index (κ3) is 10.9. The number of allylic oxidation sites excluding steroid dienone is 1. The monoisotopic (exact) mass is 674 g/mol. The highest BCUT2D eigenvalue weighted by Gasteiger charge is 2.51. The number of carboxylic acid groups (broad SMARTS) is 1. The van der Waals surface area contributed by atoms with Gasteiger partial charge in [-0.05, 0) is 97.5 Å². The maximum absolute atomic E-state index is 11.8. The molecule has 0 radical (unpaired) electrons. The lowest BCUT2D eigenvalue weighted by Gasteiger charge is -2.46. The first kappa shape index (κ1) is 39.2. The van der Waals surface area contributed by atoms with Crippen molar-refractivity contribution >= 4 is 24.7 Å². The standard InChI is InChI=1S/C41H58O6Si/c1-31(33(3)42)16-15-17-32(2)38(26-28-41(7,29-27-39(43)44)46-30-34-22-24-35(45-8)25-23-34)47-48(40(4,5)6,36-18-11-9-12-19-36)37-20-13-10-14-21-37/h9-14,17-25,31,33,38,42H,15-16,26-30H2,1-8H3,(H,43,44)/b32-17+/t31-,33+,38?,41+/m0/s1. The van der Waals surface area contributed by atoms with E-state index in [-0.39, 0.29) is 29.6 Å². The highest BCUT2D eigenvalue weighted by molar-refractivity contribution is 6.99. The summed E-state index contributed by atoms with van der Waals surface area (Å²) in [5.74, 6) is 0.134. The predicted molar refractivity (Wildman–Crippen MR) is 199 cm³/mol. The summed E-state index contributed by atoms with van der Waals surface area (Å²) in [5.41, 5.74) is 1.46. The molecule has 7 heteroatoms. The van der Waals surface area contributed by atoms with Gasteiger partial charge in [0, 0.05) is 6.42 Å². The molecule has 2 N–H and O–H groups in total. The zero-order chi connectivity index (χ0) is 35.4. The number of aliphatic hydroxyl groups is 1. The molecule has 3 rings (SSSR count). The lowest BCUT2D eigenvalue weighted by molar-refractivity contribution is -0.139. The SMILES string of the molecule is COc1ccc(CO[C@@](C)(CCC(=O)O)CCC(O[Si](c2ccccc2)(c2ccccc2)C(C)(C)C)/C(C)=C/CC[C@H](C)[C@@H](C)O)cc1. The number of methoxy groups -OCH3 is 1. The van der Waals surface area contributed by atoms with E-state index in [0.29, 0.717) is 25.9 Å². The van der Waals surface area contributed by atoms with Crippen molar-refractivity contribution in [3.05, 3.63) is 102 Å². The molecule has 4 atom stereocenters. The molecular weight excluding hydrogens is 617 g/mol. The summed E-state index contributed by atoms with van der Waals surface area (Å²) in [7, 11) is -1.25. The van der Waals surface area contributed by atoms with Gasteiger partial charge in [-0.15, -0.1) is 0 Å². The number of hydrogen-bond donors (Lipinski definition) is 2. The molecule has 48 heavy (non-hydrogen) atoms. The topological polar surface area (TPSA) is 85.2 Å². The number of ether oxygens (including phenoxy) is 2. The van der Waals surface area contributed by atoms with Gasteiger partial charge < -0.3 is 24.1 Å². The van der Waals surface area contributed by atoms with Crippen molar-refractivity contribution in [2.24, 2.45) is 5.92 Å². The first-order valence-electron chi connectivity index (χ1n) is 17.3. The van der Waals surface area contributed by atoms with Gasteiger partial charge in [-0.1, -0.05) is 107 Å². The molecule has 0 aliphatic rings. The lowest BCUT2D eigenvalue weighted by atomic mass is 9.90.